The van der Waals surface area contributed by atoms with Crippen molar-refractivity contribution in [2.45, 2.75) is 63.1 Å². The van der Waals surface area contributed by atoms with E-state index in [4.69, 9.17) is 16.9 Å². The van der Waals surface area contributed by atoms with Crippen LogP contribution in [0.3, 0.4) is 0 Å². The molecule has 3 unspecified atom stereocenters. The second-order valence-electron chi connectivity index (χ2n) is 5.09. The first kappa shape index (κ1) is 14.5. The van der Waals surface area contributed by atoms with E-state index < -0.39 is 0 Å². The summed E-state index contributed by atoms with van der Waals surface area (Å²) < 4.78 is 5.48. The Morgan fingerprint density at radius 3 is 2.94 bits per heavy atom. The molecule has 0 saturated heterocycles. The Bertz CT molecular complexity index is 261. The zero-order valence-corrected chi connectivity index (χ0v) is 11.2. The lowest BCUT2D eigenvalue weighted by atomic mass is 9.79. The van der Waals surface area contributed by atoms with Gasteiger partial charge >= 0.3 is 0 Å². The Labute approximate surface area is 105 Å². The molecule has 1 aliphatic carbocycles. The Hall–Kier alpha value is -0.560. The normalized spacial score (nSPS) is 30.8. The van der Waals surface area contributed by atoms with Crippen LogP contribution in [0.2, 0.25) is 0 Å². The van der Waals surface area contributed by atoms with Crippen molar-refractivity contribution < 1.29 is 4.74 Å². The van der Waals surface area contributed by atoms with Gasteiger partial charge in [-0.1, -0.05) is 19.3 Å². The number of rotatable bonds is 6. The molecule has 0 amide bonds. The van der Waals surface area contributed by atoms with Gasteiger partial charge in [0.15, 0.2) is 0 Å². The third-order valence-corrected chi connectivity index (χ3v) is 3.78. The minimum atomic E-state index is -0.0227. The Kier molecular flexibility index (Phi) is 5.97. The lowest BCUT2D eigenvalue weighted by Gasteiger charge is -2.42. The van der Waals surface area contributed by atoms with Gasteiger partial charge in [-0.15, -0.1) is 6.42 Å². The first-order valence-electron chi connectivity index (χ1n) is 6.66. The van der Waals surface area contributed by atoms with Crippen LogP contribution in [-0.2, 0) is 4.74 Å². The number of hydrogen-bond donors (Lipinski definition) is 2. The number of methoxy groups -OCH3 is 1. The fourth-order valence-electron chi connectivity index (χ4n) is 2.74. The summed E-state index contributed by atoms with van der Waals surface area (Å²) in [5.74, 6) is 2.83. The maximum absolute atomic E-state index is 5.97. The van der Waals surface area contributed by atoms with Crippen LogP contribution in [0.4, 0.5) is 0 Å². The SMILES string of the molecule is C#CC(CCC)NC1(CN)CCCC(OC)C1. The summed E-state index contributed by atoms with van der Waals surface area (Å²) in [4.78, 5) is 0. The Morgan fingerprint density at radius 1 is 1.65 bits per heavy atom. The molecular formula is C14H26N2O. The van der Waals surface area contributed by atoms with Gasteiger partial charge in [0, 0.05) is 19.2 Å². The first-order chi connectivity index (χ1) is 8.19. The van der Waals surface area contributed by atoms with Gasteiger partial charge in [0.25, 0.3) is 0 Å². The van der Waals surface area contributed by atoms with Crippen LogP contribution < -0.4 is 11.1 Å². The van der Waals surface area contributed by atoms with Crippen LogP contribution >= 0.6 is 0 Å². The van der Waals surface area contributed by atoms with Crippen molar-refractivity contribution >= 4 is 0 Å². The minimum Gasteiger partial charge on any atom is -0.381 e. The molecule has 98 valence electrons. The van der Waals surface area contributed by atoms with Crippen molar-refractivity contribution in [3.05, 3.63) is 0 Å². The molecule has 0 heterocycles. The molecule has 1 rings (SSSR count). The van der Waals surface area contributed by atoms with Gasteiger partial charge < -0.3 is 10.5 Å². The number of hydrogen-bond acceptors (Lipinski definition) is 3. The highest BCUT2D eigenvalue weighted by atomic mass is 16.5. The van der Waals surface area contributed by atoms with Crippen LogP contribution in [0, 0.1) is 12.3 Å². The molecule has 0 aromatic rings. The monoisotopic (exact) mass is 238 g/mol. The fourth-order valence-corrected chi connectivity index (χ4v) is 2.74. The molecule has 1 aliphatic rings. The number of ether oxygens (including phenoxy) is 1. The molecule has 0 aliphatic heterocycles. The quantitative estimate of drug-likeness (QED) is 0.692. The Morgan fingerprint density at radius 2 is 2.41 bits per heavy atom. The lowest BCUT2D eigenvalue weighted by molar-refractivity contribution is 0.0309. The number of terminal acetylenes is 1. The summed E-state index contributed by atoms with van der Waals surface area (Å²) in [6, 6.07) is 0.138. The highest BCUT2D eigenvalue weighted by Gasteiger charge is 2.36. The second kappa shape index (κ2) is 7.00. The maximum Gasteiger partial charge on any atom is 0.0691 e. The van der Waals surface area contributed by atoms with E-state index in [1.807, 2.05) is 0 Å². The maximum atomic E-state index is 5.97. The van der Waals surface area contributed by atoms with Crippen molar-refractivity contribution in [2.75, 3.05) is 13.7 Å². The molecule has 0 radical (unpaired) electrons. The van der Waals surface area contributed by atoms with Gasteiger partial charge in [0.2, 0.25) is 0 Å². The van der Waals surface area contributed by atoms with Crippen LogP contribution in [0.25, 0.3) is 0 Å². The fraction of sp³-hybridized carbons (Fsp3) is 0.857. The van der Waals surface area contributed by atoms with Gasteiger partial charge in [0.1, 0.15) is 0 Å². The molecule has 3 atom stereocenters. The third kappa shape index (κ3) is 3.99. The van der Waals surface area contributed by atoms with E-state index in [0.717, 1.165) is 38.5 Å². The van der Waals surface area contributed by atoms with Crippen molar-refractivity contribution in [1.29, 1.82) is 0 Å². The van der Waals surface area contributed by atoms with Crippen LogP contribution in [-0.4, -0.2) is 31.3 Å². The summed E-state index contributed by atoms with van der Waals surface area (Å²) in [5.41, 5.74) is 5.94. The molecule has 0 bridgehead atoms. The summed E-state index contributed by atoms with van der Waals surface area (Å²) >= 11 is 0. The van der Waals surface area contributed by atoms with E-state index in [2.05, 4.69) is 18.2 Å². The molecular weight excluding hydrogens is 212 g/mol. The Balaban J connectivity index is 2.64. The molecule has 17 heavy (non-hydrogen) atoms. The van der Waals surface area contributed by atoms with Crippen molar-refractivity contribution in [1.82, 2.24) is 5.32 Å². The molecule has 1 fully saturated rings. The molecule has 1 saturated carbocycles. The van der Waals surface area contributed by atoms with Gasteiger partial charge in [0.05, 0.1) is 12.1 Å². The second-order valence-corrected chi connectivity index (χ2v) is 5.09. The standard InChI is InChI=1S/C14H26N2O/c1-4-7-12(5-2)16-14(11-15)9-6-8-13(10-14)17-3/h2,12-13,16H,4,6-11,15H2,1,3H3. The number of nitrogens with one attached hydrogen (secondary N) is 1. The van der Waals surface area contributed by atoms with Gasteiger partial charge in [-0.2, -0.15) is 0 Å². The summed E-state index contributed by atoms with van der Waals surface area (Å²) in [5, 5.41) is 3.59. The van der Waals surface area contributed by atoms with Gasteiger partial charge in [-0.05, 0) is 32.1 Å². The van der Waals surface area contributed by atoms with E-state index in [9.17, 15) is 0 Å². The van der Waals surface area contributed by atoms with Crippen molar-refractivity contribution in [3.63, 3.8) is 0 Å². The van der Waals surface area contributed by atoms with E-state index in [-0.39, 0.29) is 11.6 Å². The van der Waals surface area contributed by atoms with Crippen LogP contribution in [0.1, 0.15) is 45.4 Å². The largest absolute Gasteiger partial charge is 0.381 e. The highest BCUT2D eigenvalue weighted by Crippen LogP contribution is 2.30. The summed E-state index contributed by atoms with van der Waals surface area (Å²) in [7, 11) is 1.78. The number of nitrogens with two attached hydrogens (primary N) is 1. The molecule has 0 aromatic heterocycles. The van der Waals surface area contributed by atoms with Crippen molar-refractivity contribution in [3.8, 4) is 12.3 Å². The summed E-state index contributed by atoms with van der Waals surface area (Å²) in [6.07, 6.45) is 12.4. The van der Waals surface area contributed by atoms with E-state index in [1.165, 1.54) is 0 Å². The van der Waals surface area contributed by atoms with Crippen molar-refractivity contribution in [2.24, 2.45) is 5.73 Å². The molecule has 3 N–H and O–H groups in total. The lowest BCUT2D eigenvalue weighted by Crippen LogP contribution is -2.58. The highest BCUT2D eigenvalue weighted by molar-refractivity contribution is 5.05. The van der Waals surface area contributed by atoms with E-state index in [1.54, 1.807) is 7.11 Å². The van der Waals surface area contributed by atoms with Gasteiger partial charge in [-0.25, -0.2) is 0 Å². The average molecular weight is 238 g/mol. The van der Waals surface area contributed by atoms with E-state index >= 15 is 0 Å². The smallest absolute Gasteiger partial charge is 0.0691 e. The zero-order valence-electron chi connectivity index (χ0n) is 11.2. The molecule has 0 spiro atoms. The predicted molar refractivity (Wildman–Crippen MR) is 71.7 cm³/mol. The topological polar surface area (TPSA) is 47.3 Å². The molecule has 3 nitrogen and oxygen atoms in total. The predicted octanol–water partition coefficient (Wildman–Crippen LogP) is 1.66. The van der Waals surface area contributed by atoms with Gasteiger partial charge in [-0.3, -0.25) is 5.32 Å². The minimum absolute atomic E-state index is 0.0227. The first-order valence-corrected chi connectivity index (χ1v) is 6.66. The molecule has 3 heteroatoms. The van der Waals surface area contributed by atoms with Crippen LogP contribution in [0.15, 0.2) is 0 Å². The third-order valence-electron chi connectivity index (χ3n) is 3.78. The zero-order chi connectivity index (χ0) is 12.7. The molecule has 0 aromatic carbocycles. The summed E-state index contributed by atoms with van der Waals surface area (Å²) in [6.45, 7) is 2.79. The van der Waals surface area contributed by atoms with E-state index in [0.29, 0.717) is 12.6 Å². The van der Waals surface area contributed by atoms with Crippen LogP contribution in [0.5, 0.6) is 0 Å². The average Bonchev–Trinajstić information content (AvgIpc) is 2.38.